The zero-order chi connectivity index (χ0) is 58.7. The quantitative estimate of drug-likeness (QED) is 0.0264. The summed E-state index contributed by atoms with van der Waals surface area (Å²) in [5.41, 5.74) is 5.40. The van der Waals surface area contributed by atoms with Gasteiger partial charge in [0.1, 0.15) is 6.61 Å². The van der Waals surface area contributed by atoms with Crippen molar-refractivity contribution in [3.63, 3.8) is 0 Å². The van der Waals surface area contributed by atoms with Crippen LogP contribution in [0.15, 0.2) is 12.2 Å². The highest BCUT2D eigenvalue weighted by Crippen LogP contribution is 2.43. The van der Waals surface area contributed by atoms with E-state index in [1.165, 1.54) is 334 Å². The summed E-state index contributed by atoms with van der Waals surface area (Å²) in [6.07, 6.45) is 81.9. The van der Waals surface area contributed by atoms with Crippen LogP contribution in [0, 0.1) is 0 Å². The van der Waals surface area contributed by atoms with Crippen LogP contribution < -0.4 is 5.73 Å². The third kappa shape index (κ3) is 67.7. The van der Waals surface area contributed by atoms with Crippen LogP contribution >= 0.6 is 7.82 Å². The summed E-state index contributed by atoms with van der Waals surface area (Å²) in [4.78, 5) is 35.4. The van der Waals surface area contributed by atoms with Crippen molar-refractivity contribution in [1.82, 2.24) is 0 Å². The first-order chi connectivity index (χ1) is 39.8. The highest BCUT2D eigenvalue weighted by molar-refractivity contribution is 7.47. The van der Waals surface area contributed by atoms with Gasteiger partial charge in [-0.15, -0.1) is 0 Å². The van der Waals surface area contributed by atoms with E-state index < -0.39 is 26.5 Å². The average Bonchev–Trinajstić information content (AvgIpc) is 3.46. The second kappa shape index (κ2) is 67.9. The van der Waals surface area contributed by atoms with Gasteiger partial charge in [-0.2, -0.15) is 0 Å². The Morgan fingerprint density at radius 3 is 0.877 bits per heavy atom. The minimum atomic E-state index is -4.39. The molecule has 0 aliphatic rings. The molecule has 0 aromatic heterocycles. The van der Waals surface area contributed by atoms with Crippen LogP contribution in [0.25, 0.3) is 0 Å². The maximum atomic E-state index is 12.8. The first kappa shape index (κ1) is 79.8. The Hall–Kier alpha value is -1.25. The molecule has 0 fully saturated rings. The number of unbranched alkanes of at least 4 members (excludes halogenated alkanes) is 55. The van der Waals surface area contributed by atoms with Gasteiger partial charge in [0.05, 0.1) is 13.2 Å². The molecule has 0 amide bonds. The third-order valence-electron chi connectivity index (χ3n) is 16.7. The molecule has 0 spiro atoms. The van der Waals surface area contributed by atoms with E-state index in [1.54, 1.807) is 0 Å². The van der Waals surface area contributed by atoms with E-state index in [9.17, 15) is 19.0 Å². The number of rotatable bonds is 70. The number of phosphoric ester groups is 1. The van der Waals surface area contributed by atoms with E-state index in [-0.39, 0.29) is 38.6 Å². The van der Waals surface area contributed by atoms with Crippen LogP contribution in [-0.4, -0.2) is 49.3 Å². The number of nitrogens with two attached hydrogens (primary N) is 1. The van der Waals surface area contributed by atoms with E-state index in [2.05, 4.69) is 26.0 Å². The number of allylic oxidation sites excluding steroid dienone is 2. The summed E-state index contributed by atoms with van der Waals surface area (Å²) < 4.78 is 33.2. The summed E-state index contributed by atoms with van der Waals surface area (Å²) >= 11 is 0. The zero-order valence-electron chi connectivity index (χ0n) is 54.3. The molecule has 0 aliphatic carbocycles. The normalized spacial score (nSPS) is 12.9. The van der Waals surface area contributed by atoms with Crippen molar-refractivity contribution >= 4 is 19.8 Å². The molecule has 2 unspecified atom stereocenters. The lowest BCUT2D eigenvalue weighted by Crippen LogP contribution is -2.29. The summed E-state index contributed by atoms with van der Waals surface area (Å²) in [6.45, 7) is 3.84. The summed E-state index contributed by atoms with van der Waals surface area (Å²) in [7, 11) is -4.39. The predicted molar refractivity (Wildman–Crippen MR) is 349 cm³/mol. The minimum Gasteiger partial charge on any atom is -0.462 e. The number of phosphoric acid groups is 1. The second-order valence-corrected chi connectivity index (χ2v) is 26.3. The molecule has 0 saturated heterocycles. The summed E-state index contributed by atoms with van der Waals surface area (Å²) in [5.74, 6) is -0.799. The van der Waals surface area contributed by atoms with Crippen molar-refractivity contribution in [1.29, 1.82) is 0 Å². The lowest BCUT2D eigenvalue weighted by molar-refractivity contribution is -0.161. The maximum Gasteiger partial charge on any atom is 0.472 e. The molecule has 0 aromatic carbocycles. The Bertz CT molecular complexity index is 1330. The Morgan fingerprint density at radius 2 is 0.605 bits per heavy atom. The maximum absolute atomic E-state index is 12.8. The first-order valence-electron chi connectivity index (χ1n) is 36.2. The van der Waals surface area contributed by atoms with Crippen LogP contribution in [0.5, 0.6) is 0 Å². The highest BCUT2D eigenvalue weighted by Gasteiger charge is 2.26. The fourth-order valence-corrected chi connectivity index (χ4v) is 12.1. The molecule has 0 bridgehead atoms. The lowest BCUT2D eigenvalue weighted by atomic mass is 10.0. The predicted octanol–water partition coefficient (Wildman–Crippen LogP) is 23.5. The smallest absolute Gasteiger partial charge is 0.462 e. The van der Waals surface area contributed by atoms with Crippen molar-refractivity contribution in [3.05, 3.63) is 12.2 Å². The number of ether oxygens (including phenoxy) is 2. The fraction of sp³-hybridized carbons (Fsp3) is 0.944. The average molecular weight is 1170 g/mol. The van der Waals surface area contributed by atoms with Crippen molar-refractivity contribution in [2.45, 2.75) is 405 Å². The molecule has 2 atom stereocenters. The third-order valence-corrected chi connectivity index (χ3v) is 17.6. The van der Waals surface area contributed by atoms with E-state index >= 15 is 0 Å². The number of hydrogen-bond donors (Lipinski definition) is 2. The van der Waals surface area contributed by atoms with Crippen molar-refractivity contribution in [3.8, 4) is 0 Å². The molecular formula is C71H140NO8P. The number of esters is 2. The standard InChI is InChI=1S/C71H140NO8P/c1-3-5-7-9-11-13-15-17-19-21-23-25-27-29-30-31-32-33-34-35-36-37-38-40-42-44-46-48-50-52-54-56-58-60-62-64-71(74)80-69(68-79-81(75,76)78-66-65-72)67-77-70(73)63-61-59-57-55-53-51-49-47-45-43-41-39-28-26-24-22-20-18-16-14-12-10-8-6-4-2/h21,23,69H,3-20,22,24-68,72H2,1-2H3,(H,75,76)/b23-21-. The number of carbonyl (C=O) groups is 2. The van der Waals surface area contributed by atoms with Crippen molar-refractivity contribution in [2.24, 2.45) is 5.73 Å². The molecule has 482 valence electrons. The van der Waals surface area contributed by atoms with Gasteiger partial charge in [0, 0.05) is 19.4 Å². The van der Waals surface area contributed by atoms with Crippen LogP contribution in [0.3, 0.4) is 0 Å². The van der Waals surface area contributed by atoms with Crippen LogP contribution in [0.4, 0.5) is 0 Å². The summed E-state index contributed by atoms with van der Waals surface area (Å²) in [5, 5.41) is 0. The molecule has 10 heteroatoms. The van der Waals surface area contributed by atoms with Crippen molar-refractivity contribution in [2.75, 3.05) is 26.4 Å². The molecule has 0 saturated carbocycles. The zero-order valence-corrected chi connectivity index (χ0v) is 55.2. The SMILES string of the molecule is CCCCCCCCCC/C=C\CCCCCCCCCCCCCCCCCCCCCCCCCC(=O)OC(COC(=O)CCCCCCCCCCCCCCCCCCCCCCCCCCC)COP(=O)(O)OCCN. The molecule has 0 aliphatic heterocycles. The van der Waals surface area contributed by atoms with Gasteiger partial charge in [-0.1, -0.05) is 360 Å². The first-order valence-corrected chi connectivity index (χ1v) is 37.7. The van der Waals surface area contributed by atoms with Gasteiger partial charge in [0.15, 0.2) is 6.10 Å². The lowest BCUT2D eigenvalue weighted by Gasteiger charge is -2.19. The van der Waals surface area contributed by atoms with E-state index in [1.807, 2.05) is 0 Å². The van der Waals surface area contributed by atoms with E-state index in [0.29, 0.717) is 6.42 Å². The summed E-state index contributed by atoms with van der Waals surface area (Å²) in [6, 6.07) is 0. The van der Waals surface area contributed by atoms with Gasteiger partial charge in [0.2, 0.25) is 0 Å². The Morgan fingerprint density at radius 1 is 0.358 bits per heavy atom. The minimum absolute atomic E-state index is 0.0581. The van der Waals surface area contributed by atoms with Gasteiger partial charge in [-0.25, -0.2) is 4.57 Å². The van der Waals surface area contributed by atoms with Crippen LogP contribution in [-0.2, 0) is 32.7 Å². The Labute approximate surface area is 504 Å². The topological polar surface area (TPSA) is 134 Å². The van der Waals surface area contributed by atoms with Gasteiger partial charge >= 0.3 is 19.8 Å². The second-order valence-electron chi connectivity index (χ2n) is 24.8. The van der Waals surface area contributed by atoms with Crippen LogP contribution in [0.1, 0.15) is 399 Å². The molecule has 0 heterocycles. The van der Waals surface area contributed by atoms with Crippen molar-refractivity contribution < 1.29 is 37.6 Å². The number of carbonyl (C=O) groups excluding carboxylic acids is 2. The van der Waals surface area contributed by atoms with E-state index in [4.69, 9.17) is 24.3 Å². The molecule has 0 radical (unpaired) electrons. The van der Waals surface area contributed by atoms with Gasteiger partial charge in [-0.3, -0.25) is 18.6 Å². The number of hydrogen-bond acceptors (Lipinski definition) is 8. The monoisotopic (exact) mass is 1170 g/mol. The van der Waals surface area contributed by atoms with Gasteiger partial charge in [0.25, 0.3) is 0 Å². The fourth-order valence-electron chi connectivity index (χ4n) is 11.3. The molecular weight excluding hydrogens is 1030 g/mol. The Balaban J connectivity index is 3.77. The molecule has 0 rings (SSSR count). The highest BCUT2D eigenvalue weighted by atomic mass is 31.2. The molecule has 9 nitrogen and oxygen atoms in total. The van der Waals surface area contributed by atoms with Crippen LogP contribution in [0.2, 0.25) is 0 Å². The van der Waals surface area contributed by atoms with E-state index in [0.717, 1.165) is 32.1 Å². The molecule has 81 heavy (non-hydrogen) atoms. The van der Waals surface area contributed by atoms with Gasteiger partial charge < -0.3 is 20.1 Å². The molecule has 3 N–H and O–H groups in total. The Kier molecular flexibility index (Phi) is 66.8. The van der Waals surface area contributed by atoms with Gasteiger partial charge in [-0.05, 0) is 38.5 Å². The molecule has 0 aromatic rings. The largest absolute Gasteiger partial charge is 0.472 e.